The Bertz CT molecular complexity index is 346. The summed E-state index contributed by atoms with van der Waals surface area (Å²) in [6.45, 7) is 0. The van der Waals surface area contributed by atoms with Gasteiger partial charge in [-0.1, -0.05) is 12.1 Å². The van der Waals surface area contributed by atoms with Crippen LogP contribution in [0.5, 0.6) is 0 Å². The van der Waals surface area contributed by atoms with Gasteiger partial charge in [-0.15, -0.1) is 11.8 Å². The molecule has 1 aromatic rings. The summed E-state index contributed by atoms with van der Waals surface area (Å²) in [7, 11) is 0. The first kappa shape index (κ1) is 9.69. The third-order valence-electron chi connectivity index (χ3n) is 1.64. The number of allylic oxidation sites excluding steroid dienone is 1. The molecule has 0 amide bonds. The maximum absolute atomic E-state index is 8.39. The van der Waals surface area contributed by atoms with Crippen LogP contribution in [0.4, 0.5) is 0 Å². The average molecular weight is 190 g/mol. The van der Waals surface area contributed by atoms with E-state index >= 15 is 0 Å². The molecule has 0 fully saturated rings. The summed E-state index contributed by atoms with van der Waals surface area (Å²) in [5, 5.41) is 8.39. The van der Waals surface area contributed by atoms with Gasteiger partial charge in [-0.3, -0.25) is 0 Å². The van der Waals surface area contributed by atoms with Gasteiger partial charge in [0.05, 0.1) is 6.07 Å². The molecule has 0 aliphatic heterocycles. The van der Waals surface area contributed by atoms with Crippen molar-refractivity contribution in [2.24, 2.45) is 5.73 Å². The van der Waals surface area contributed by atoms with E-state index in [0.29, 0.717) is 5.70 Å². The highest BCUT2D eigenvalue weighted by Crippen LogP contribution is 2.17. The summed E-state index contributed by atoms with van der Waals surface area (Å²) in [5.74, 6) is 0. The molecule has 0 atom stereocenters. The van der Waals surface area contributed by atoms with Crippen molar-refractivity contribution in [1.82, 2.24) is 0 Å². The van der Waals surface area contributed by atoms with Crippen LogP contribution >= 0.6 is 11.8 Å². The Balaban J connectivity index is 2.94. The summed E-state index contributed by atoms with van der Waals surface area (Å²) in [6.07, 6.45) is 3.36. The predicted octanol–water partition coefficient (Wildman–Crippen LogP) is 2.23. The molecule has 13 heavy (non-hydrogen) atoms. The minimum absolute atomic E-state index is 0.509. The summed E-state index contributed by atoms with van der Waals surface area (Å²) >= 11 is 1.68. The number of hydrogen-bond donors (Lipinski definition) is 1. The quantitative estimate of drug-likeness (QED) is 0.574. The van der Waals surface area contributed by atoms with Gasteiger partial charge in [0, 0.05) is 16.7 Å². The highest BCUT2D eigenvalue weighted by Gasteiger charge is 1.95. The van der Waals surface area contributed by atoms with Crippen molar-refractivity contribution < 1.29 is 0 Å². The summed E-state index contributed by atoms with van der Waals surface area (Å²) in [4.78, 5) is 1.19. The number of hydrogen-bond acceptors (Lipinski definition) is 3. The van der Waals surface area contributed by atoms with E-state index in [1.165, 1.54) is 11.0 Å². The van der Waals surface area contributed by atoms with E-state index in [1.807, 2.05) is 36.6 Å². The molecule has 3 heteroatoms. The van der Waals surface area contributed by atoms with Crippen molar-refractivity contribution in [1.29, 1.82) is 5.26 Å². The summed E-state index contributed by atoms with van der Waals surface area (Å²) in [5.41, 5.74) is 7.03. The van der Waals surface area contributed by atoms with Crippen LogP contribution in [0.2, 0.25) is 0 Å². The Hall–Kier alpha value is -1.40. The predicted molar refractivity (Wildman–Crippen MR) is 56.0 cm³/mol. The van der Waals surface area contributed by atoms with Gasteiger partial charge in [0.25, 0.3) is 0 Å². The van der Waals surface area contributed by atoms with Gasteiger partial charge in [-0.05, 0) is 24.0 Å². The second kappa shape index (κ2) is 4.58. The number of thioether (sulfide) groups is 1. The number of nitriles is 1. The molecule has 0 saturated carbocycles. The lowest BCUT2D eigenvalue weighted by Gasteiger charge is -2.00. The Morgan fingerprint density at radius 1 is 1.46 bits per heavy atom. The highest BCUT2D eigenvalue weighted by atomic mass is 32.2. The van der Waals surface area contributed by atoms with Crippen molar-refractivity contribution in [3.8, 4) is 6.07 Å². The van der Waals surface area contributed by atoms with E-state index in [1.54, 1.807) is 11.8 Å². The molecule has 0 radical (unpaired) electrons. The van der Waals surface area contributed by atoms with E-state index in [2.05, 4.69) is 0 Å². The Morgan fingerprint density at radius 2 is 2.08 bits per heavy atom. The van der Waals surface area contributed by atoms with Gasteiger partial charge in [0.15, 0.2) is 0 Å². The minimum Gasteiger partial charge on any atom is -0.398 e. The lowest BCUT2D eigenvalue weighted by Crippen LogP contribution is -1.94. The van der Waals surface area contributed by atoms with Gasteiger partial charge in [0.2, 0.25) is 0 Å². The summed E-state index contributed by atoms with van der Waals surface area (Å²) < 4.78 is 0. The van der Waals surface area contributed by atoms with Gasteiger partial charge < -0.3 is 5.73 Å². The first-order chi connectivity index (χ1) is 6.27. The average Bonchev–Trinajstić information content (AvgIpc) is 2.18. The molecule has 0 aromatic heterocycles. The van der Waals surface area contributed by atoms with Crippen molar-refractivity contribution >= 4 is 17.5 Å². The zero-order valence-corrected chi connectivity index (χ0v) is 8.14. The van der Waals surface area contributed by atoms with Crippen LogP contribution < -0.4 is 5.73 Å². The molecule has 1 aromatic carbocycles. The molecule has 0 saturated heterocycles. The number of rotatable bonds is 2. The Labute approximate surface area is 82.1 Å². The smallest absolute Gasteiger partial charge is 0.0933 e. The molecule has 0 bridgehead atoms. The molecular weight excluding hydrogens is 180 g/mol. The number of benzene rings is 1. The van der Waals surface area contributed by atoms with E-state index in [9.17, 15) is 0 Å². The van der Waals surface area contributed by atoms with Crippen LogP contribution in [0.3, 0.4) is 0 Å². The topological polar surface area (TPSA) is 49.8 Å². The van der Waals surface area contributed by atoms with Crippen LogP contribution in [0.1, 0.15) is 5.56 Å². The molecule has 2 N–H and O–H groups in total. The van der Waals surface area contributed by atoms with Crippen LogP contribution in [-0.2, 0) is 0 Å². The summed E-state index contributed by atoms with van der Waals surface area (Å²) in [6, 6.07) is 9.69. The van der Waals surface area contributed by atoms with E-state index in [4.69, 9.17) is 11.0 Å². The number of nitrogens with two attached hydrogens (primary N) is 1. The molecule has 0 aliphatic rings. The van der Waals surface area contributed by atoms with Gasteiger partial charge in [-0.25, -0.2) is 0 Å². The second-order valence-electron chi connectivity index (χ2n) is 2.46. The first-order valence-corrected chi connectivity index (χ1v) is 5.00. The normalized spacial score (nSPS) is 10.9. The standard InChI is InChI=1S/C10H10N2S/c1-13-9-4-2-8(3-5-9)10(12)6-7-11/h2-6H,12H2,1H3/b10-6-. The second-order valence-corrected chi connectivity index (χ2v) is 3.34. The molecule has 0 spiro atoms. The fourth-order valence-electron chi connectivity index (χ4n) is 0.936. The molecule has 1 rings (SSSR count). The maximum Gasteiger partial charge on any atom is 0.0933 e. The molecule has 0 unspecified atom stereocenters. The zero-order chi connectivity index (χ0) is 9.68. The van der Waals surface area contributed by atoms with Crippen LogP contribution in [0, 0.1) is 11.3 Å². The van der Waals surface area contributed by atoms with E-state index in [0.717, 1.165) is 5.56 Å². The highest BCUT2D eigenvalue weighted by molar-refractivity contribution is 7.98. The van der Waals surface area contributed by atoms with E-state index in [-0.39, 0.29) is 0 Å². The molecule has 2 nitrogen and oxygen atoms in total. The molecule has 66 valence electrons. The van der Waals surface area contributed by atoms with Crippen molar-refractivity contribution in [2.75, 3.05) is 6.26 Å². The van der Waals surface area contributed by atoms with Gasteiger partial charge >= 0.3 is 0 Å². The molecular formula is C10H10N2S. The molecule has 0 heterocycles. The van der Waals surface area contributed by atoms with Gasteiger partial charge in [-0.2, -0.15) is 5.26 Å². The largest absolute Gasteiger partial charge is 0.398 e. The van der Waals surface area contributed by atoms with Crippen molar-refractivity contribution in [2.45, 2.75) is 4.90 Å². The minimum atomic E-state index is 0.509. The fraction of sp³-hybridized carbons (Fsp3) is 0.100. The lowest BCUT2D eigenvalue weighted by atomic mass is 10.1. The van der Waals surface area contributed by atoms with Gasteiger partial charge in [0.1, 0.15) is 0 Å². The van der Waals surface area contributed by atoms with Crippen LogP contribution in [0.25, 0.3) is 5.70 Å². The Morgan fingerprint density at radius 3 is 2.54 bits per heavy atom. The van der Waals surface area contributed by atoms with Crippen LogP contribution in [0.15, 0.2) is 35.2 Å². The van der Waals surface area contributed by atoms with Crippen molar-refractivity contribution in [3.63, 3.8) is 0 Å². The van der Waals surface area contributed by atoms with Crippen molar-refractivity contribution in [3.05, 3.63) is 35.9 Å². The first-order valence-electron chi connectivity index (χ1n) is 3.77. The van der Waals surface area contributed by atoms with E-state index < -0.39 is 0 Å². The Kier molecular flexibility index (Phi) is 3.41. The number of nitrogens with zero attached hydrogens (tertiary/aromatic N) is 1. The zero-order valence-electron chi connectivity index (χ0n) is 7.32. The third-order valence-corrected chi connectivity index (χ3v) is 2.39. The monoisotopic (exact) mass is 190 g/mol. The lowest BCUT2D eigenvalue weighted by molar-refractivity contribution is 1.41. The fourth-order valence-corrected chi connectivity index (χ4v) is 1.34. The van der Waals surface area contributed by atoms with Crippen LogP contribution in [-0.4, -0.2) is 6.26 Å². The molecule has 0 aliphatic carbocycles. The third kappa shape index (κ3) is 2.53. The maximum atomic E-state index is 8.39. The SMILES string of the molecule is CSc1ccc(/C(N)=C/C#N)cc1.